The molecule has 1 aliphatic heterocycles. The summed E-state index contributed by atoms with van der Waals surface area (Å²) in [5.74, 6) is -0.0940. The van der Waals surface area contributed by atoms with Crippen LogP contribution in [0, 0.1) is 5.92 Å². The van der Waals surface area contributed by atoms with Crippen molar-refractivity contribution in [2.45, 2.75) is 19.1 Å². The summed E-state index contributed by atoms with van der Waals surface area (Å²) in [6.07, 6.45) is 2.66. The third-order valence-electron chi connectivity index (χ3n) is 4.32. The van der Waals surface area contributed by atoms with E-state index in [2.05, 4.69) is 0 Å². The number of anilines is 1. The fourth-order valence-corrected chi connectivity index (χ4v) is 3.02. The average molecular weight is 325 g/mol. The van der Waals surface area contributed by atoms with Crippen molar-refractivity contribution in [2.24, 2.45) is 5.92 Å². The molecule has 3 rings (SSSR count). The molecular weight excluding hydrogens is 305 g/mol. The van der Waals surface area contributed by atoms with Gasteiger partial charge in [0.05, 0.1) is 19.1 Å². The summed E-state index contributed by atoms with van der Waals surface area (Å²) in [6.45, 7) is 1.44. The molecule has 0 unspecified atom stereocenters. The third kappa shape index (κ3) is 3.04. The Balaban J connectivity index is 1.86. The second kappa shape index (κ2) is 6.87. The van der Waals surface area contributed by atoms with E-state index in [1.807, 2.05) is 54.6 Å². The lowest BCUT2D eigenvalue weighted by Gasteiger charge is -2.46. The molecule has 1 aliphatic rings. The highest BCUT2D eigenvalue weighted by Crippen LogP contribution is 2.37. The monoisotopic (exact) mass is 325 g/mol. The minimum Gasteiger partial charge on any atom is -0.497 e. The highest BCUT2D eigenvalue weighted by molar-refractivity contribution is 6.04. The van der Waals surface area contributed by atoms with Gasteiger partial charge in [-0.3, -0.25) is 4.79 Å². The zero-order chi connectivity index (χ0) is 17.1. The van der Waals surface area contributed by atoms with Crippen molar-refractivity contribution in [1.29, 1.82) is 0 Å². The molecule has 0 N–H and O–H groups in total. The van der Waals surface area contributed by atoms with Crippen molar-refractivity contribution in [3.63, 3.8) is 0 Å². The number of methoxy groups -OCH3 is 1. The quantitative estimate of drug-likeness (QED) is 0.775. The summed E-state index contributed by atoms with van der Waals surface area (Å²) < 4.78 is 19.0. The first-order valence-corrected chi connectivity index (χ1v) is 7.96. The van der Waals surface area contributed by atoms with Crippen molar-refractivity contribution in [3.8, 4) is 5.75 Å². The number of hydrogen-bond acceptors (Lipinski definition) is 2. The van der Waals surface area contributed by atoms with Crippen molar-refractivity contribution in [3.05, 3.63) is 66.2 Å². The Kier molecular flexibility index (Phi) is 4.65. The second-order valence-corrected chi connectivity index (χ2v) is 5.87. The maximum absolute atomic E-state index is 13.9. The molecule has 0 aromatic heterocycles. The Bertz CT molecular complexity index is 725. The number of ether oxygens (including phenoxy) is 1. The van der Waals surface area contributed by atoms with Gasteiger partial charge in [0.2, 0.25) is 5.91 Å². The van der Waals surface area contributed by atoms with Gasteiger partial charge in [-0.15, -0.1) is 0 Å². The average Bonchev–Trinajstić information content (AvgIpc) is 2.59. The molecule has 2 aromatic carbocycles. The smallest absolute Gasteiger partial charge is 0.236 e. The summed E-state index contributed by atoms with van der Waals surface area (Å²) in [4.78, 5) is 14.0. The van der Waals surface area contributed by atoms with Crippen LogP contribution < -0.4 is 9.64 Å². The molecule has 1 amide bonds. The predicted octanol–water partition coefficient (Wildman–Crippen LogP) is 4.10. The van der Waals surface area contributed by atoms with Crippen LogP contribution in [-0.4, -0.2) is 25.2 Å². The van der Waals surface area contributed by atoms with Gasteiger partial charge in [-0.1, -0.05) is 42.5 Å². The molecule has 124 valence electrons. The topological polar surface area (TPSA) is 29.5 Å². The standard InChI is InChI=1S/C20H20FNO2/c1-14(21)19-18(13-8-15-6-4-3-5-7-15)22(20(19)23)16-9-11-17(24-2)12-10-16/h3-14,18-19H,1-2H3/t14-,18+,19-/m1/s1. The van der Waals surface area contributed by atoms with Crippen LogP contribution >= 0.6 is 0 Å². The summed E-state index contributed by atoms with van der Waals surface area (Å²) in [7, 11) is 1.59. The van der Waals surface area contributed by atoms with Gasteiger partial charge in [0, 0.05) is 5.69 Å². The first-order chi connectivity index (χ1) is 11.6. The third-order valence-corrected chi connectivity index (χ3v) is 4.32. The molecule has 0 radical (unpaired) electrons. The lowest BCUT2D eigenvalue weighted by atomic mass is 9.83. The van der Waals surface area contributed by atoms with Crippen LogP contribution in [0.15, 0.2) is 60.7 Å². The van der Waals surface area contributed by atoms with Crippen LogP contribution in [0.4, 0.5) is 10.1 Å². The molecule has 4 heteroatoms. The van der Waals surface area contributed by atoms with Gasteiger partial charge in [0.15, 0.2) is 0 Å². The maximum Gasteiger partial charge on any atom is 0.236 e. The predicted molar refractivity (Wildman–Crippen MR) is 93.8 cm³/mol. The Morgan fingerprint density at radius 3 is 2.38 bits per heavy atom. The zero-order valence-electron chi connectivity index (χ0n) is 13.7. The highest BCUT2D eigenvalue weighted by atomic mass is 19.1. The molecule has 2 aromatic rings. The van der Waals surface area contributed by atoms with Crippen LogP contribution in [0.3, 0.4) is 0 Å². The van der Waals surface area contributed by atoms with E-state index in [4.69, 9.17) is 4.74 Å². The molecule has 1 fully saturated rings. The van der Waals surface area contributed by atoms with Crippen LogP contribution in [0.25, 0.3) is 6.08 Å². The molecule has 0 spiro atoms. The number of halogens is 1. The zero-order valence-corrected chi connectivity index (χ0v) is 13.7. The fraction of sp³-hybridized carbons (Fsp3) is 0.250. The van der Waals surface area contributed by atoms with Crippen molar-refractivity contribution >= 4 is 17.7 Å². The molecule has 0 aliphatic carbocycles. The Morgan fingerprint density at radius 2 is 1.79 bits per heavy atom. The van der Waals surface area contributed by atoms with Gasteiger partial charge in [0.25, 0.3) is 0 Å². The number of benzene rings is 2. The van der Waals surface area contributed by atoms with E-state index < -0.39 is 12.1 Å². The van der Waals surface area contributed by atoms with E-state index in [1.165, 1.54) is 6.92 Å². The second-order valence-electron chi connectivity index (χ2n) is 5.87. The van der Waals surface area contributed by atoms with E-state index in [1.54, 1.807) is 24.1 Å². The van der Waals surface area contributed by atoms with E-state index in [9.17, 15) is 9.18 Å². The van der Waals surface area contributed by atoms with Gasteiger partial charge < -0.3 is 9.64 Å². The minimum atomic E-state index is -1.18. The highest BCUT2D eigenvalue weighted by Gasteiger charge is 2.49. The van der Waals surface area contributed by atoms with Crippen LogP contribution in [0.1, 0.15) is 12.5 Å². The number of carbonyl (C=O) groups is 1. The number of alkyl halides is 1. The molecule has 24 heavy (non-hydrogen) atoms. The molecule has 3 nitrogen and oxygen atoms in total. The normalized spacial score (nSPS) is 21.6. The largest absolute Gasteiger partial charge is 0.497 e. The maximum atomic E-state index is 13.9. The van der Waals surface area contributed by atoms with Gasteiger partial charge in [-0.2, -0.15) is 0 Å². The molecule has 1 heterocycles. The number of carbonyl (C=O) groups excluding carboxylic acids is 1. The van der Waals surface area contributed by atoms with Crippen molar-refractivity contribution < 1.29 is 13.9 Å². The summed E-state index contributed by atoms with van der Waals surface area (Å²) in [5.41, 5.74) is 1.78. The van der Waals surface area contributed by atoms with E-state index in [0.29, 0.717) is 0 Å². The minimum absolute atomic E-state index is 0.183. The Morgan fingerprint density at radius 1 is 1.12 bits per heavy atom. The number of β-lactam (4-membered cyclic amide) rings is 1. The SMILES string of the molecule is COc1ccc(N2C(=O)[C@H]([C@@H](C)F)[C@@H]2C=Cc2ccccc2)cc1. The van der Waals surface area contributed by atoms with Gasteiger partial charge in [-0.05, 0) is 36.8 Å². The van der Waals surface area contributed by atoms with E-state index in [0.717, 1.165) is 17.0 Å². The van der Waals surface area contributed by atoms with Crippen LogP contribution in [-0.2, 0) is 4.79 Å². The lowest BCUT2D eigenvalue weighted by molar-refractivity contribution is -0.131. The number of rotatable bonds is 5. The van der Waals surface area contributed by atoms with Gasteiger partial charge >= 0.3 is 0 Å². The first-order valence-electron chi connectivity index (χ1n) is 7.96. The molecule has 1 saturated heterocycles. The molecule has 3 atom stereocenters. The Labute approximate surface area is 141 Å². The fourth-order valence-electron chi connectivity index (χ4n) is 3.02. The number of nitrogens with zero attached hydrogens (tertiary/aromatic N) is 1. The lowest BCUT2D eigenvalue weighted by Crippen LogP contribution is -2.63. The molecular formula is C20H20FNO2. The van der Waals surface area contributed by atoms with Crippen molar-refractivity contribution in [2.75, 3.05) is 12.0 Å². The van der Waals surface area contributed by atoms with Crippen LogP contribution in [0.5, 0.6) is 5.75 Å². The first kappa shape index (κ1) is 16.2. The van der Waals surface area contributed by atoms with Gasteiger partial charge in [-0.25, -0.2) is 4.39 Å². The number of amides is 1. The van der Waals surface area contributed by atoms with Crippen molar-refractivity contribution in [1.82, 2.24) is 0 Å². The Hall–Kier alpha value is -2.62. The summed E-state index contributed by atoms with van der Waals surface area (Å²) in [6, 6.07) is 16.7. The molecule has 0 saturated carbocycles. The molecule has 0 bridgehead atoms. The van der Waals surface area contributed by atoms with E-state index in [-0.39, 0.29) is 11.9 Å². The number of hydrogen-bond donors (Lipinski definition) is 0. The van der Waals surface area contributed by atoms with E-state index >= 15 is 0 Å². The summed E-state index contributed by atoms with van der Waals surface area (Å²) >= 11 is 0. The van der Waals surface area contributed by atoms with Gasteiger partial charge in [0.1, 0.15) is 11.9 Å². The van der Waals surface area contributed by atoms with Crippen LogP contribution in [0.2, 0.25) is 0 Å². The summed E-state index contributed by atoms with van der Waals surface area (Å²) in [5, 5.41) is 0.